The van der Waals surface area contributed by atoms with E-state index in [9.17, 15) is 22.8 Å². The third-order valence-corrected chi connectivity index (χ3v) is 4.91. The lowest BCUT2D eigenvalue weighted by Gasteiger charge is -2.02. The summed E-state index contributed by atoms with van der Waals surface area (Å²) in [7, 11) is -4.10. The van der Waals surface area contributed by atoms with E-state index in [0.717, 1.165) is 23.5 Å². The fourth-order valence-electron chi connectivity index (χ4n) is 0.844. The first-order valence-corrected chi connectivity index (χ1v) is 7.66. The van der Waals surface area contributed by atoms with Gasteiger partial charge in [-0.2, -0.15) is 8.42 Å². The summed E-state index contributed by atoms with van der Waals surface area (Å²) in [4.78, 5) is 30.6. The van der Waals surface area contributed by atoms with E-state index in [4.69, 9.17) is 4.55 Å². The molecule has 0 aromatic rings. The molecule has 2 aliphatic heterocycles. The van der Waals surface area contributed by atoms with Gasteiger partial charge >= 0.3 is 0 Å². The Morgan fingerprint density at radius 3 is 2.00 bits per heavy atom. The highest BCUT2D eigenvalue weighted by atomic mass is 32.3. The standard InChI is InChI=1S/C3H5NO4S2.C3H3NO2S/c5-2-1-9-3(4-2)10(6,7)8;5-2-1-7-3(6)4-2/h3H,1H2,(H,4,5)(H,6,7,8);1H2,(H,4,5,6). The lowest BCUT2D eigenvalue weighted by atomic mass is 10.7. The van der Waals surface area contributed by atoms with Crippen LogP contribution in [0.4, 0.5) is 4.79 Å². The minimum absolute atomic E-state index is 0.0878. The normalized spacial score (nSPS) is 23.8. The van der Waals surface area contributed by atoms with Gasteiger partial charge in [-0.1, -0.05) is 11.8 Å². The van der Waals surface area contributed by atoms with Crippen molar-refractivity contribution < 1.29 is 27.4 Å². The number of hydrogen-bond donors (Lipinski definition) is 3. The van der Waals surface area contributed by atoms with Gasteiger partial charge < -0.3 is 5.32 Å². The molecule has 1 unspecified atom stereocenters. The molecule has 2 rings (SSSR count). The second-order valence-corrected chi connectivity index (χ2v) is 6.69. The number of carbonyl (C=O) groups excluding carboxylic acids is 3. The van der Waals surface area contributed by atoms with E-state index in [1.165, 1.54) is 0 Å². The Balaban J connectivity index is 0.000000181. The maximum Gasteiger partial charge on any atom is 0.296 e. The van der Waals surface area contributed by atoms with E-state index in [1.54, 1.807) is 0 Å². The van der Waals surface area contributed by atoms with Gasteiger partial charge in [0.2, 0.25) is 16.5 Å². The second-order valence-electron chi connectivity index (χ2n) is 2.85. The zero-order valence-corrected chi connectivity index (χ0v) is 10.7. The van der Waals surface area contributed by atoms with Crippen LogP contribution in [0.15, 0.2) is 0 Å². The number of imide groups is 1. The third-order valence-electron chi connectivity index (χ3n) is 1.49. The number of rotatable bonds is 1. The number of carbonyl (C=O) groups is 3. The van der Waals surface area contributed by atoms with Crippen molar-refractivity contribution in [2.24, 2.45) is 0 Å². The van der Waals surface area contributed by atoms with Crippen LogP contribution in [0.25, 0.3) is 0 Å². The molecule has 2 heterocycles. The van der Waals surface area contributed by atoms with Crippen LogP contribution >= 0.6 is 23.5 Å². The highest BCUT2D eigenvalue weighted by Crippen LogP contribution is 2.18. The molecule has 2 fully saturated rings. The van der Waals surface area contributed by atoms with Crippen molar-refractivity contribution in [2.75, 3.05) is 11.5 Å². The van der Waals surface area contributed by atoms with Crippen LogP contribution in [0.2, 0.25) is 0 Å². The maximum atomic E-state index is 10.4. The first-order valence-electron chi connectivity index (χ1n) is 4.13. The molecular formula is C6H8N2O6S3. The Kier molecular flexibility index (Phi) is 4.80. The van der Waals surface area contributed by atoms with Crippen LogP contribution in [0.5, 0.6) is 0 Å². The van der Waals surface area contributed by atoms with Crippen molar-refractivity contribution >= 4 is 50.7 Å². The molecule has 0 saturated carbocycles. The van der Waals surface area contributed by atoms with E-state index in [1.807, 2.05) is 0 Å². The lowest BCUT2D eigenvalue weighted by molar-refractivity contribution is -0.118. The maximum absolute atomic E-state index is 10.4. The summed E-state index contributed by atoms with van der Waals surface area (Å²) in [5.41, 5.74) is 0. The van der Waals surface area contributed by atoms with Crippen LogP contribution in [-0.2, 0) is 19.7 Å². The second kappa shape index (κ2) is 5.71. The van der Waals surface area contributed by atoms with E-state index < -0.39 is 14.8 Å². The summed E-state index contributed by atoms with van der Waals surface area (Å²) in [5, 5.41) is 3.95. The molecule has 0 spiro atoms. The molecule has 0 aliphatic carbocycles. The van der Waals surface area contributed by atoms with Gasteiger partial charge in [-0.15, -0.1) is 11.8 Å². The van der Waals surface area contributed by atoms with Gasteiger partial charge in [0.1, 0.15) is 0 Å². The molecule has 3 amide bonds. The summed E-state index contributed by atoms with van der Waals surface area (Å²) < 4.78 is 27.8. The molecule has 17 heavy (non-hydrogen) atoms. The van der Waals surface area contributed by atoms with E-state index in [2.05, 4.69) is 10.6 Å². The largest absolute Gasteiger partial charge is 0.329 e. The minimum atomic E-state index is -4.10. The summed E-state index contributed by atoms with van der Waals surface area (Å²) in [5.74, 6) is -0.175. The van der Waals surface area contributed by atoms with Gasteiger partial charge in [0, 0.05) is 0 Å². The fraction of sp³-hybridized carbons (Fsp3) is 0.500. The molecule has 96 valence electrons. The summed E-state index contributed by atoms with van der Waals surface area (Å²) in [6, 6.07) is 0. The molecule has 0 radical (unpaired) electrons. The van der Waals surface area contributed by atoms with Crippen molar-refractivity contribution in [3.8, 4) is 0 Å². The number of nitrogens with one attached hydrogen (secondary N) is 2. The monoisotopic (exact) mass is 300 g/mol. The van der Waals surface area contributed by atoms with E-state index >= 15 is 0 Å². The minimum Gasteiger partial charge on any atom is -0.329 e. The molecule has 3 N–H and O–H groups in total. The Hall–Kier alpha value is -0.780. The van der Waals surface area contributed by atoms with Crippen molar-refractivity contribution in [3.63, 3.8) is 0 Å². The predicted molar refractivity (Wildman–Crippen MR) is 61.9 cm³/mol. The molecule has 11 heteroatoms. The van der Waals surface area contributed by atoms with Gasteiger partial charge in [-0.3, -0.25) is 24.3 Å². The zero-order chi connectivity index (χ0) is 13.1. The molecule has 0 aromatic carbocycles. The SMILES string of the molecule is O=C1CSC(=O)N1.O=C1CSC(S(=O)(=O)O)N1. The summed E-state index contributed by atoms with van der Waals surface area (Å²) >= 11 is 1.86. The number of hydrogen-bond acceptors (Lipinski definition) is 7. The van der Waals surface area contributed by atoms with Crippen LogP contribution in [0, 0.1) is 0 Å². The Bertz CT molecular complexity index is 433. The average Bonchev–Trinajstić information content (AvgIpc) is 2.75. The van der Waals surface area contributed by atoms with Gasteiger partial charge in [0.05, 0.1) is 11.5 Å². The number of amides is 3. The third kappa shape index (κ3) is 4.93. The van der Waals surface area contributed by atoms with Crippen molar-refractivity contribution in [2.45, 2.75) is 4.71 Å². The van der Waals surface area contributed by atoms with Crippen molar-refractivity contribution in [1.82, 2.24) is 10.6 Å². The van der Waals surface area contributed by atoms with E-state index in [-0.39, 0.29) is 22.8 Å². The smallest absolute Gasteiger partial charge is 0.296 e. The quantitative estimate of drug-likeness (QED) is 0.525. The van der Waals surface area contributed by atoms with Crippen molar-refractivity contribution in [1.29, 1.82) is 0 Å². The topological polar surface area (TPSA) is 130 Å². The molecule has 0 aromatic heterocycles. The summed E-state index contributed by atoms with van der Waals surface area (Å²) in [6.07, 6.45) is 0. The molecule has 1 atom stereocenters. The van der Waals surface area contributed by atoms with Gasteiger partial charge in [-0.05, 0) is 0 Å². The highest BCUT2D eigenvalue weighted by molar-refractivity contribution is 8.14. The van der Waals surface area contributed by atoms with Crippen LogP contribution in [-0.4, -0.2) is 46.2 Å². The van der Waals surface area contributed by atoms with Gasteiger partial charge in [-0.25, -0.2) is 0 Å². The molecule has 2 saturated heterocycles. The summed E-state index contributed by atoms with van der Waals surface area (Å²) in [6.45, 7) is 0. The number of thioether (sulfide) groups is 2. The Morgan fingerprint density at radius 1 is 1.18 bits per heavy atom. The molecule has 2 aliphatic rings. The van der Waals surface area contributed by atoms with Crippen LogP contribution < -0.4 is 10.6 Å². The first-order chi connectivity index (χ1) is 7.79. The van der Waals surface area contributed by atoms with E-state index in [0.29, 0.717) is 5.75 Å². The fourth-order valence-corrected chi connectivity index (χ4v) is 3.14. The molecular weight excluding hydrogens is 292 g/mol. The molecule has 8 nitrogen and oxygen atoms in total. The van der Waals surface area contributed by atoms with Gasteiger partial charge in [0.15, 0.2) is 0 Å². The Labute approximate surface area is 105 Å². The predicted octanol–water partition coefficient (Wildman–Crippen LogP) is -1.01. The van der Waals surface area contributed by atoms with Crippen LogP contribution in [0.3, 0.4) is 0 Å². The van der Waals surface area contributed by atoms with Crippen LogP contribution in [0.1, 0.15) is 0 Å². The Morgan fingerprint density at radius 2 is 1.82 bits per heavy atom. The van der Waals surface area contributed by atoms with Crippen molar-refractivity contribution in [3.05, 3.63) is 0 Å². The zero-order valence-electron chi connectivity index (χ0n) is 8.20. The molecule has 0 bridgehead atoms. The average molecular weight is 300 g/mol. The van der Waals surface area contributed by atoms with Gasteiger partial charge in [0.25, 0.3) is 15.4 Å². The highest BCUT2D eigenvalue weighted by Gasteiger charge is 2.31. The lowest BCUT2D eigenvalue weighted by Crippen LogP contribution is -2.31. The first kappa shape index (κ1) is 14.3.